The monoisotopic (exact) mass is 548 g/mol. The number of aliphatic hydroxyl groups is 1. The van der Waals surface area contributed by atoms with E-state index in [2.05, 4.69) is 20.3 Å². The van der Waals surface area contributed by atoms with Gasteiger partial charge in [-0.3, -0.25) is 4.79 Å². The summed E-state index contributed by atoms with van der Waals surface area (Å²) in [6, 6.07) is 11.4. The van der Waals surface area contributed by atoms with Crippen molar-refractivity contribution in [2.45, 2.75) is 32.3 Å². The molecule has 2 saturated heterocycles. The van der Waals surface area contributed by atoms with E-state index >= 15 is 0 Å². The Morgan fingerprint density at radius 2 is 2.00 bits per heavy atom. The van der Waals surface area contributed by atoms with E-state index in [9.17, 15) is 14.3 Å². The zero-order chi connectivity index (χ0) is 27.7. The number of H-pyrrole nitrogens is 1. The molecule has 208 valence electrons. The lowest BCUT2D eigenvalue weighted by Crippen LogP contribution is -2.49. The fourth-order valence-corrected chi connectivity index (χ4v) is 4.87. The maximum absolute atomic E-state index is 13.7. The van der Waals surface area contributed by atoms with Gasteiger partial charge in [-0.25, -0.2) is 19.3 Å². The van der Waals surface area contributed by atoms with Crippen LogP contribution in [-0.2, 0) is 20.8 Å². The zero-order valence-electron chi connectivity index (χ0n) is 21.8. The maximum Gasteiger partial charge on any atom is 0.233 e. The van der Waals surface area contributed by atoms with Crippen LogP contribution in [0.15, 0.2) is 59.3 Å². The van der Waals surface area contributed by atoms with Crippen molar-refractivity contribution in [2.24, 2.45) is 5.41 Å². The largest absolute Gasteiger partial charge is 0.467 e. The second kappa shape index (κ2) is 10.8. The number of ether oxygens (including phenoxy) is 2. The van der Waals surface area contributed by atoms with Gasteiger partial charge in [0.2, 0.25) is 18.1 Å². The highest BCUT2D eigenvalue weighted by Gasteiger charge is 2.44. The topological polar surface area (TPSA) is 139 Å². The number of anilines is 1. The molecule has 3 N–H and O–H groups in total. The Morgan fingerprint density at radius 1 is 1.20 bits per heavy atom. The molecule has 0 saturated carbocycles. The molecule has 2 fully saturated rings. The molecule has 2 aliphatic rings. The molecule has 2 aliphatic heterocycles. The molecule has 6 rings (SSSR count). The molecule has 0 aliphatic carbocycles. The van der Waals surface area contributed by atoms with Crippen LogP contribution in [0.4, 0.5) is 10.3 Å². The highest BCUT2D eigenvalue weighted by molar-refractivity contribution is 5.83. The molecule has 5 heterocycles. The lowest BCUT2D eigenvalue weighted by atomic mass is 9.90. The van der Waals surface area contributed by atoms with Crippen LogP contribution in [0.3, 0.4) is 0 Å². The number of halogens is 1. The van der Waals surface area contributed by atoms with Gasteiger partial charge in [-0.05, 0) is 55.8 Å². The minimum Gasteiger partial charge on any atom is -0.467 e. The zero-order valence-corrected chi connectivity index (χ0v) is 21.8. The van der Waals surface area contributed by atoms with E-state index in [4.69, 9.17) is 18.9 Å². The summed E-state index contributed by atoms with van der Waals surface area (Å²) in [5.74, 6) is 1.06. The third-order valence-electron chi connectivity index (χ3n) is 7.05. The Balaban J connectivity index is 1.25. The van der Waals surface area contributed by atoms with Crippen LogP contribution in [0.5, 0.6) is 0 Å². The van der Waals surface area contributed by atoms with Gasteiger partial charge in [0.05, 0.1) is 54.6 Å². The number of hydrogen-bond donors (Lipinski definition) is 3. The normalized spacial score (nSPS) is 22.9. The quantitative estimate of drug-likeness (QED) is 0.317. The molecule has 1 atom stereocenters. The van der Waals surface area contributed by atoms with Crippen molar-refractivity contribution in [3.63, 3.8) is 0 Å². The highest BCUT2D eigenvalue weighted by Crippen LogP contribution is 2.36. The molecule has 40 heavy (non-hydrogen) atoms. The molecule has 0 spiro atoms. The third kappa shape index (κ3) is 5.33. The van der Waals surface area contributed by atoms with Gasteiger partial charge >= 0.3 is 0 Å². The molecule has 12 heteroatoms. The number of aliphatic hydroxyl groups excluding tert-OH is 1. The van der Waals surface area contributed by atoms with Crippen LogP contribution < -0.4 is 5.32 Å². The molecular formula is C28H29FN6O5. The fraction of sp³-hybridized carbons (Fsp3) is 0.357. The van der Waals surface area contributed by atoms with Gasteiger partial charge in [0.1, 0.15) is 11.6 Å². The van der Waals surface area contributed by atoms with Crippen molar-refractivity contribution in [2.75, 3.05) is 31.6 Å². The molecule has 3 aromatic heterocycles. The highest BCUT2D eigenvalue weighted by atomic mass is 19.1. The molecule has 1 aromatic carbocycles. The average molecular weight is 549 g/mol. The minimum atomic E-state index is -0.878. The number of rotatable bonds is 7. The van der Waals surface area contributed by atoms with Crippen LogP contribution in [-0.4, -0.2) is 68.3 Å². The van der Waals surface area contributed by atoms with E-state index in [1.165, 1.54) is 12.1 Å². The van der Waals surface area contributed by atoms with Crippen LogP contribution in [0.2, 0.25) is 0 Å². The van der Waals surface area contributed by atoms with E-state index in [0.717, 1.165) is 5.76 Å². The first kappa shape index (κ1) is 26.1. The molecule has 11 nitrogen and oxygen atoms in total. The van der Waals surface area contributed by atoms with Crippen molar-refractivity contribution >= 4 is 11.9 Å². The van der Waals surface area contributed by atoms with Gasteiger partial charge in [0, 0.05) is 24.8 Å². The number of β-amino-alcohol motifs (C(OH)–C–C–N with tert-alkyl or cyclic N) is 1. The first-order chi connectivity index (χ1) is 19.4. The van der Waals surface area contributed by atoms with E-state index in [-0.39, 0.29) is 24.9 Å². The number of aromatic nitrogens is 4. The fourth-order valence-electron chi connectivity index (χ4n) is 4.87. The van der Waals surface area contributed by atoms with Crippen molar-refractivity contribution in [1.29, 1.82) is 0 Å². The predicted molar refractivity (Wildman–Crippen MR) is 141 cm³/mol. The summed E-state index contributed by atoms with van der Waals surface area (Å²) < 4.78 is 31.1. The van der Waals surface area contributed by atoms with Crippen LogP contribution in [0, 0.1) is 11.2 Å². The van der Waals surface area contributed by atoms with Gasteiger partial charge in [0.15, 0.2) is 5.82 Å². The number of nitrogens with zero attached hydrogens (tertiary/aromatic N) is 4. The molecule has 1 amide bonds. The number of nitrogens with one attached hydrogen (secondary N) is 2. The number of furan rings is 1. The average Bonchev–Trinajstić information content (AvgIpc) is 3.74. The van der Waals surface area contributed by atoms with Gasteiger partial charge in [-0.15, -0.1) is 0 Å². The lowest BCUT2D eigenvalue weighted by molar-refractivity contribution is -0.234. The van der Waals surface area contributed by atoms with Gasteiger partial charge < -0.3 is 34.2 Å². The Hall–Kier alpha value is -4.13. The van der Waals surface area contributed by atoms with Crippen LogP contribution in [0.25, 0.3) is 22.6 Å². The Morgan fingerprint density at radius 3 is 2.70 bits per heavy atom. The van der Waals surface area contributed by atoms with Gasteiger partial charge in [-0.2, -0.15) is 0 Å². The summed E-state index contributed by atoms with van der Waals surface area (Å²) in [5.41, 5.74) is 1.46. The minimum absolute atomic E-state index is 0.106. The number of likely N-dealkylation sites (tertiary alicyclic amines) is 1. The summed E-state index contributed by atoms with van der Waals surface area (Å²) in [6.07, 6.45) is 2.44. The molecule has 0 radical (unpaired) electrons. The summed E-state index contributed by atoms with van der Waals surface area (Å²) in [5, 5.41) is 13.0. The maximum atomic E-state index is 13.7. The Labute approximate surface area is 229 Å². The molecule has 0 bridgehead atoms. The number of hydrogen-bond acceptors (Lipinski definition) is 9. The van der Waals surface area contributed by atoms with Crippen LogP contribution >= 0.6 is 0 Å². The number of carbonyl (C=O) groups excluding carboxylic acids is 1. The second-order valence-electron chi connectivity index (χ2n) is 10.3. The van der Waals surface area contributed by atoms with E-state index in [0.29, 0.717) is 60.5 Å². The Bertz CT molecular complexity index is 1470. The Kier molecular flexibility index (Phi) is 7.05. The van der Waals surface area contributed by atoms with Gasteiger partial charge in [-0.1, -0.05) is 0 Å². The van der Waals surface area contributed by atoms with Gasteiger partial charge in [0.25, 0.3) is 0 Å². The summed E-state index contributed by atoms with van der Waals surface area (Å²) >= 11 is 0. The van der Waals surface area contributed by atoms with Crippen molar-refractivity contribution in [3.8, 4) is 22.6 Å². The van der Waals surface area contributed by atoms with Crippen molar-refractivity contribution in [3.05, 3.63) is 72.3 Å². The standard InChI is InChI=1S/C28H29FN6O5/c1-28(26(37)35-11-9-19(36)14-35)15-39-25(40-16-28)24-33-22(17-4-6-18(29)7-5-17)23(34-24)21-8-10-30-27(32-21)31-13-20-3-2-12-38-20/h2-8,10,12,19,25,36H,9,11,13-16H2,1H3,(H,33,34)(H,30,31,32). The number of benzene rings is 1. The number of imidazole rings is 1. The van der Waals surface area contributed by atoms with Crippen LogP contribution in [0.1, 0.15) is 31.2 Å². The lowest BCUT2D eigenvalue weighted by Gasteiger charge is -2.37. The first-order valence-electron chi connectivity index (χ1n) is 13.0. The summed E-state index contributed by atoms with van der Waals surface area (Å²) in [6.45, 7) is 3.29. The van der Waals surface area contributed by atoms with E-state index < -0.39 is 17.8 Å². The molecule has 4 aromatic rings. The summed E-state index contributed by atoms with van der Waals surface area (Å²) in [7, 11) is 0. The smallest absolute Gasteiger partial charge is 0.233 e. The number of carbonyl (C=O) groups is 1. The predicted octanol–water partition coefficient (Wildman–Crippen LogP) is 3.52. The van der Waals surface area contributed by atoms with Crippen molar-refractivity contribution < 1.29 is 28.2 Å². The van der Waals surface area contributed by atoms with Crippen molar-refractivity contribution in [1.82, 2.24) is 24.8 Å². The summed E-state index contributed by atoms with van der Waals surface area (Å²) in [4.78, 5) is 31.7. The SMILES string of the molecule is CC1(C(=O)N2CCC(O)C2)COC(c2nc(-c3ccc(F)cc3)c(-c3ccnc(NCc4ccco4)n3)[nH]2)OC1. The number of amides is 1. The molecular weight excluding hydrogens is 519 g/mol. The third-order valence-corrected chi connectivity index (χ3v) is 7.05. The number of aromatic amines is 1. The van der Waals surface area contributed by atoms with E-state index in [1.807, 2.05) is 6.07 Å². The molecule has 1 unspecified atom stereocenters. The first-order valence-corrected chi connectivity index (χ1v) is 13.0. The second-order valence-corrected chi connectivity index (χ2v) is 10.3. The van der Waals surface area contributed by atoms with E-state index in [1.54, 1.807) is 48.5 Å².